The zero-order chi connectivity index (χ0) is 17.7. The molecule has 1 aliphatic rings. The summed E-state index contributed by atoms with van der Waals surface area (Å²) >= 11 is 5.92. The summed E-state index contributed by atoms with van der Waals surface area (Å²) in [5.41, 5.74) is 6.83. The van der Waals surface area contributed by atoms with Crippen molar-refractivity contribution in [3.63, 3.8) is 0 Å². The van der Waals surface area contributed by atoms with Crippen LogP contribution < -0.4 is 11.1 Å². The van der Waals surface area contributed by atoms with Crippen molar-refractivity contribution in [2.45, 2.75) is 45.2 Å². The molecule has 2 rings (SSSR count). The first-order chi connectivity index (χ1) is 11.4. The Morgan fingerprint density at radius 2 is 1.88 bits per heavy atom. The van der Waals surface area contributed by atoms with Gasteiger partial charge in [0, 0.05) is 31.1 Å². The average Bonchev–Trinajstić information content (AvgIpc) is 2.54. The standard InChI is InChI=1S/C18H26ClN3O2/c1-12(20)14-7-9-22(10-8-14)18(24)11-17(21-13(2)23)15-3-5-16(19)6-4-15/h3-6,12,14,17H,7-11,20H2,1-2H3,(H,21,23). The van der Waals surface area contributed by atoms with Crippen LogP contribution >= 0.6 is 11.6 Å². The van der Waals surface area contributed by atoms with Gasteiger partial charge in [-0.1, -0.05) is 23.7 Å². The highest BCUT2D eigenvalue weighted by Crippen LogP contribution is 2.24. The van der Waals surface area contributed by atoms with Crippen LogP contribution in [-0.4, -0.2) is 35.8 Å². The Bertz CT molecular complexity index is 566. The zero-order valence-corrected chi connectivity index (χ0v) is 15.1. The topological polar surface area (TPSA) is 75.4 Å². The minimum atomic E-state index is -0.335. The van der Waals surface area contributed by atoms with Gasteiger partial charge in [0.1, 0.15) is 0 Å². The number of nitrogens with zero attached hydrogens (tertiary/aromatic N) is 1. The van der Waals surface area contributed by atoms with E-state index in [-0.39, 0.29) is 30.3 Å². The smallest absolute Gasteiger partial charge is 0.224 e. The van der Waals surface area contributed by atoms with Crippen molar-refractivity contribution in [1.82, 2.24) is 10.2 Å². The second-order valence-corrected chi connectivity index (χ2v) is 7.02. The largest absolute Gasteiger partial charge is 0.349 e. The fraction of sp³-hybridized carbons (Fsp3) is 0.556. The van der Waals surface area contributed by atoms with E-state index in [2.05, 4.69) is 5.32 Å². The van der Waals surface area contributed by atoms with E-state index >= 15 is 0 Å². The molecule has 5 nitrogen and oxygen atoms in total. The molecule has 6 heteroatoms. The van der Waals surface area contributed by atoms with E-state index in [4.69, 9.17) is 17.3 Å². The number of benzene rings is 1. The van der Waals surface area contributed by atoms with Crippen molar-refractivity contribution in [3.8, 4) is 0 Å². The van der Waals surface area contributed by atoms with Crippen LogP contribution in [-0.2, 0) is 9.59 Å². The second kappa shape index (κ2) is 8.49. The quantitative estimate of drug-likeness (QED) is 0.855. The van der Waals surface area contributed by atoms with Gasteiger partial charge in [-0.15, -0.1) is 0 Å². The molecule has 0 aliphatic carbocycles. The SMILES string of the molecule is CC(=O)NC(CC(=O)N1CCC(C(C)N)CC1)c1ccc(Cl)cc1. The summed E-state index contributed by atoms with van der Waals surface area (Å²) in [6.45, 7) is 4.95. The number of piperidine rings is 1. The molecule has 1 aromatic carbocycles. The molecule has 2 amide bonds. The molecular weight excluding hydrogens is 326 g/mol. The van der Waals surface area contributed by atoms with Crippen LogP contribution in [0, 0.1) is 5.92 Å². The van der Waals surface area contributed by atoms with Crippen LogP contribution in [0.1, 0.15) is 44.7 Å². The number of halogens is 1. The molecule has 0 saturated carbocycles. The normalized spacial score (nSPS) is 18.1. The number of carbonyl (C=O) groups excluding carboxylic acids is 2. The van der Waals surface area contributed by atoms with Gasteiger partial charge in [-0.3, -0.25) is 9.59 Å². The first-order valence-corrected chi connectivity index (χ1v) is 8.80. The third kappa shape index (κ3) is 5.21. The highest BCUT2D eigenvalue weighted by atomic mass is 35.5. The van der Waals surface area contributed by atoms with Crippen molar-refractivity contribution in [1.29, 1.82) is 0 Å². The minimum Gasteiger partial charge on any atom is -0.349 e. The number of hydrogen-bond acceptors (Lipinski definition) is 3. The van der Waals surface area contributed by atoms with Crippen LogP contribution in [0.3, 0.4) is 0 Å². The third-order valence-electron chi connectivity index (χ3n) is 4.66. The first kappa shape index (κ1) is 18.7. The average molecular weight is 352 g/mol. The molecule has 2 atom stereocenters. The summed E-state index contributed by atoms with van der Waals surface area (Å²) in [5, 5.41) is 3.49. The maximum Gasteiger partial charge on any atom is 0.224 e. The Morgan fingerprint density at radius 3 is 2.38 bits per heavy atom. The van der Waals surface area contributed by atoms with E-state index < -0.39 is 0 Å². The molecule has 2 unspecified atom stereocenters. The molecule has 1 aliphatic heterocycles. The lowest BCUT2D eigenvalue weighted by Gasteiger charge is -2.34. The van der Waals surface area contributed by atoms with Gasteiger partial charge in [0.25, 0.3) is 0 Å². The fourth-order valence-corrected chi connectivity index (χ4v) is 3.30. The van der Waals surface area contributed by atoms with E-state index in [1.54, 1.807) is 12.1 Å². The Balaban J connectivity index is 2.00. The molecule has 24 heavy (non-hydrogen) atoms. The van der Waals surface area contributed by atoms with E-state index in [1.165, 1.54) is 6.92 Å². The molecule has 0 aromatic heterocycles. The lowest BCUT2D eigenvalue weighted by atomic mass is 9.90. The van der Waals surface area contributed by atoms with Crippen molar-refractivity contribution >= 4 is 23.4 Å². The molecule has 1 aromatic rings. The predicted octanol–water partition coefficient (Wildman–Crippen LogP) is 2.49. The lowest BCUT2D eigenvalue weighted by Crippen LogP contribution is -2.43. The summed E-state index contributed by atoms with van der Waals surface area (Å²) in [6.07, 6.45) is 2.13. The van der Waals surface area contributed by atoms with Crippen molar-refractivity contribution in [2.24, 2.45) is 11.7 Å². The van der Waals surface area contributed by atoms with E-state index in [9.17, 15) is 9.59 Å². The second-order valence-electron chi connectivity index (χ2n) is 6.59. The highest BCUT2D eigenvalue weighted by Gasteiger charge is 2.27. The van der Waals surface area contributed by atoms with Gasteiger partial charge in [0.15, 0.2) is 0 Å². The molecule has 0 radical (unpaired) electrons. The molecule has 0 spiro atoms. The Morgan fingerprint density at radius 1 is 1.29 bits per heavy atom. The zero-order valence-electron chi connectivity index (χ0n) is 14.3. The van der Waals surface area contributed by atoms with Gasteiger partial charge in [-0.05, 0) is 43.4 Å². The van der Waals surface area contributed by atoms with Gasteiger partial charge in [0.2, 0.25) is 11.8 Å². The number of nitrogens with two attached hydrogens (primary N) is 1. The van der Waals surface area contributed by atoms with E-state index in [0.29, 0.717) is 10.9 Å². The lowest BCUT2D eigenvalue weighted by molar-refractivity contribution is -0.133. The maximum absolute atomic E-state index is 12.6. The van der Waals surface area contributed by atoms with Gasteiger partial charge in [0.05, 0.1) is 12.5 Å². The Labute approximate surface area is 148 Å². The predicted molar refractivity (Wildman–Crippen MR) is 95.6 cm³/mol. The number of carbonyl (C=O) groups is 2. The van der Waals surface area contributed by atoms with Crippen molar-refractivity contribution in [2.75, 3.05) is 13.1 Å². The van der Waals surface area contributed by atoms with E-state index in [0.717, 1.165) is 31.5 Å². The Kier molecular flexibility index (Phi) is 6.63. The van der Waals surface area contributed by atoms with Gasteiger partial charge < -0.3 is 16.0 Å². The summed E-state index contributed by atoms with van der Waals surface area (Å²) in [4.78, 5) is 26.0. The minimum absolute atomic E-state index is 0.0619. The van der Waals surface area contributed by atoms with Crippen LogP contribution in [0.4, 0.5) is 0 Å². The maximum atomic E-state index is 12.6. The van der Waals surface area contributed by atoms with Crippen molar-refractivity contribution in [3.05, 3.63) is 34.9 Å². The van der Waals surface area contributed by atoms with Crippen LogP contribution in [0.5, 0.6) is 0 Å². The van der Waals surface area contributed by atoms with Gasteiger partial charge in [-0.25, -0.2) is 0 Å². The molecular formula is C18H26ClN3O2. The van der Waals surface area contributed by atoms with Crippen molar-refractivity contribution < 1.29 is 9.59 Å². The molecule has 0 bridgehead atoms. The summed E-state index contributed by atoms with van der Waals surface area (Å²) in [7, 11) is 0. The molecule has 3 N–H and O–H groups in total. The monoisotopic (exact) mass is 351 g/mol. The highest BCUT2D eigenvalue weighted by molar-refractivity contribution is 6.30. The van der Waals surface area contributed by atoms with Gasteiger partial charge >= 0.3 is 0 Å². The number of hydrogen-bond donors (Lipinski definition) is 2. The molecule has 1 saturated heterocycles. The van der Waals surface area contributed by atoms with Crippen LogP contribution in [0.25, 0.3) is 0 Å². The third-order valence-corrected chi connectivity index (χ3v) is 4.92. The molecule has 1 fully saturated rings. The fourth-order valence-electron chi connectivity index (χ4n) is 3.17. The first-order valence-electron chi connectivity index (χ1n) is 8.42. The molecule has 1 heterocycles. The van der Waals surface area contributed by atoms with Gasteiger partial charge in [-0.2, -0.15) is 0 Å². The molecule has 132 valence electrons. The van der Waals surface area contributed by atoms with E-state index in [1.807, 2.05) is 24.0 Å². The summed E-state index contributed by atoms with van der Waals surface area (Å²) in [5.74, 6) is 0.390. The number of amides is 2. The van der Waals surface area contributed by atoms with Crippen LogP contribution in [0.15, 0.2) is 24.3 Å². The number of rotatable bonds is 5. The number of likely N-dealkylation sites (tertiary alicyclic amines) is 1. The van der Waals surface area contributed by atoms with Crippen LogP contribution in [0.2, 0.25) is 5.02 Å². The summed E-state index contributed by atoms with van der Waals surface area (Å²) in [6, 6.07) is 7.06. The number of nitrogens with one attached hydrogen (secondary N) is 1. The summed E-state index contributed by atoms with van der Waals surface area (Å²) < 4.78 is 0. The Hall–Kier alpha value is -1.59.